The van der Waals surface area contributed by atoms with Crippen LogP contribution in [0.25, 0.3) is 0 Å². The Hall–Kier alpha value is -2.29. The van der Waals surface area contributed by atoms with Crippen molar-refractivity contribution in [3.63, 3.8) is 0 Å². The molecular weight excluding hydrogens is 286 g/mol. The molecule has 2 rings (SSSR count). The second kappa shape index (κ2) is 8.37. The summed E-state index contributed by atoms with van der Waals surface area (Å²) in [6.07, 6.45) is 1.04. The fraction of sp³-hybridized carbons (Fsp3) is 0.350. The summed E-state index contributed by atoms with van der Waals surface area (Å²) in [4.78, 5) is 12.0. The first-order valence-electron chi connectivity index (χ1n) is 8.14. The van der Waals surface area contributed by atoms with Crippen molar-refractivity contribution in [2.45, 2.75) is 39.7 Å². The van der Waals surface area contributed by atoms with Gasteiger partial charge in [-0.05, 0) is 36.5 Å². The molecule has 0 bridgehead atoms. The van der Waals surface area contributed by atoms with Crippen LogP contribution in [0.3, 0.4) is 0 Å². The van der Waals surface area contributed by atoms with Gasteiger partial charge in [0.05, 0.1) is 0 Å². The van der Waals surface area contributed by atoms with Crippen LogP contribution in [0.1, 0.15) is 42.9 Å². The van der Waals surface area contributed by atoms with Crippen LogP contribution in [0.2, 0.25) is 0 Å². The Morgan fingerprint density at radius 1 is 1.13 bits per heavy atom. The molecule has 3 nitrogen and oxygen atoms in total. The standard InChI is InChI=1S/C20H25NO2/c1-4-16(3)18-7-5-6-8-19(18)23-14-20(22)21-13-17-11-9-15(2)10-12-17/h5-12,16H,4,13-14H2,1-3H3,(H,21,22). The van der Waals surface area contributed by atoms with Crippen molar-refractivity contribution in [1.29, 1.82) is 0 Å². The minimum atomic E-state index is -0.107. The average Bonchev–Trinajstić information content (AvgIpc) is 2.59. The highest BCUT2D eigenvalue weighted by atomic mass is 16.5. The molecule has 0 spiro atoms. The van der Waals surface area contributed by atoms with E-state index in [2.05, 4.69) is 25.2 Å². The van der Waals surface area contributed by atoms with Crippen molar-refractivity contribution in [1.82, 2.24) is 5.32 Å². The van der Waals surface area contributed by atoms with Crippen LogP contribution < -0.4 is 10.1 Å². The number of benzene rings is 2. The zero-order chi connectivity index (χ0) is 16.7. The SMILES string of the molecule is CCC(C)c1ccccc1OCC(=O)NCc1ccc(C)cc1. The summed E-state index contributed by atoms with van der Waals surface area (Å²) >= 11 is 0. The molecule has 0 aliphatic heterocycles. The van der Waals surface area contributed by atoms with Crippen molar-refractivity contribution in [2.75, 3.05) is 6.61 Å². The van der Waals surface area contributed by atoms with Gasteiger partial charge in [-0.3, -0.25) is 4.79 Å². The number of hydrogen-bond donors (Lipinski definition) is 1. The molecule has 2 aromatic carbocycles. The molecule has 1 N–H and O–H groups in total. The summed E-state index contributed by atoms with van der Waals surface area (Å²) < 4.78 is 5.72. The number of para-hydroxylation sites is 1. The van der Waals surface area contributed by atoms with E-state index in [1.807, 2.05) is 49.4 Å². The number of amides is 1. The van der Waals surface area contributed by atoms with E-state index >= 15 is 0 Å². The first-order valence-corrected chi connectivity index (χ1v) is 8.14. The number of aryl methyl sites for hydroxylation is 1. The van der Waals surface area contributed by atoms with Crippen LogP contribution in [0.15, 0.2) is 48.5 Å². The maximum Gasteiger partial charge on any atom is 0.258 e. The molecular formula is C20H25NO2. The van der Waals surface area contributed by atoms with E-state index < -0.39 is 0 Å². The lowest BCUT2D eigenvalue weighted by molar-refractivity contribution is -0.123. The predicted octanol–water partition coefficient (Wildman–Crippen LogP) is 4.20. The highest BCUT2D eigenvalue weighted by molar-refractivity contribution is 5.77. The molecule has 0 aliphatic rings. The van der Waals surface area contributed by atoms with Gasteiger partial charge >= 0.3 is 0 Å². The smallest absolute Gasteiger partial charge is 0.258 e. The largest absolute Gasteiger partial charge is 0.483 e. The van der Waals surface area contributed by atoms with E-state index in [0.29, 0.717) is 12.5 Å². The fourth-order valence-corrected chi connectivity index (χ4v) is 2.34. The molecule has 0 radical (unpaired) electrons. The maximum absolute atomic E-state index is 12.0. The topological polar surface area (TPSA) is 38.3 Å². The summed E-state index contributed by atoms with van der Waals surface area (Å²) in [5.74, 6) is 1.11. The number of rotatable bonds is 7. The van der Waals surface area contributed by atoms with Crippen molar-refractivity contribution in [3.05, 3.63) is 65.2 Å². The van der Waals surface area contributed by atoms with Gasteiger partial charge in [-0.15, -0.1) is 0 Å². The lowest BCUT2D eigenvalue weighted by Gasteiger charge is -2.15. The predicted molar refractivity (Wildman–Crippen MR) is 93.7 cm³/mol. The van der Waals surface area contributed by atoms with Crippen LogP contribution >= 0.6 is 0 Å². The molecule has 2 aromatic rings. The number of hydrogen-bond acceptors (Lipinski definition) is 2. The molecule has 0 saturated heterocycles. The molecule has 0 heterocycles. The Morgan fingerprint density at radius 2 is 1.83 bits per heavy atom. The minimum Gasteiger partial charge on any atom is -0.483 e. The van der Waals surface area contributed by atoms with E-state index in [9.17, 15) is 4.79 Å². The molecule has 0 aliphatic carbocycles. The lowest BCUT2D eigenvalue weighted by Crippen LogP contribution is -2.28. The van der Waals surface area contributed by atoms with Crippen molar-refractivity contribution >= 4 is 5.91 Å². The number of carbonyl (C=O) groups is 1. The van der Waals surface area contributed by atoms with Crippen LogP contribution in [0.5, 0.6) is 5.75 Å². The summed E-state index contributed by atoms with van der Waals surface area (Å²) in [5.41, 5.74) is 3.45. The molecule has 1 atom stereocenters. The summed E-state index contributed by atoms with van der Waals surface area (Å²) in [6.45, 7) is 6.93. The van der Waals surface area contributed by atoms with Gasteiger partial charge in [0, 0.05) is 6.54 Å². The summed E-state index contributed by atoms with van der Waals surface area (Å²) in [6, 6.07) is 16.1. The van der Waals surface area contributed by atoms with Crippen LogP contribution in [0.4, 0.5) is 0 Å². The van der Waals surface area contributed by atoms with Crippen molar-refractivity contribution in [2.24, 2.45) is 0 Å². The normalized spacial score (nSPS) is 11.8. The molecule has 0 aromatic heterocycles. The molecule has 23 heavy (non-hydrogen) atoms. The Kier molecular flexibility index (Phi) is 6.21. The molecule has 0 saturated carbocycles. The minimum absolute atomic E-state index is 0.0410. The van der Waals surface area contributed by atoms with E-state index in [1.54, 1.807) is 0 Å². The third-order valence-corrected chi connectivity index (χ3v) is 4.03. The average molecular weight is 311 g/mol. The van der Waals surface area contributed by atoms with Gasteiger partial charge in [-0.1, -0.05) is 61.9 Å². The Morgan fingerprint density at radius 3 is 2.52 bits per heavy atom. The maximum atomic E-state index is 12.0. The van der Waals surface area contributed by atoms with E-state index in [0.717, 1.165) is 23.3 Å². The van der Waals surface area contributed by atoms with Gasteiger partial charge in [0.15, 0.2) is 6.61 Å². The number of ether oxygens (including phenoxy) is 1. The van der Waals surface area contributed by atoms with E-state index in [1.165, 1.54) is 5.56 Å². The van der Waals surface area contributed by atoms with Gasteiger partial charge in [-0.25, -0.2) is 0 Å². The Labute approximate surface area is 138 Å². The highest BCUT2D eigenvalue weighted by Gasteiger charge is 2.11. The number of nitrogens with one attached hydrogen (secondary N) is 1. The van der Waals surface area contributed by atoms with Gasteiger partial charge in [-0.2, -0.15) is 0 Å². The second-order valence-corrected chi connectivity index (χ2v) is 5.90. The highest BCUT2D eigenvalue weighted by Crippen LogP contribution is 2.28. The number of carbonyl (C=O) groups excluding carboxylic acids is 1. The summed E-state index contributed by atoms with van der Waals surface area (Å²) in [7, 11) is 0. The van der Waals surface area contributed by atoms with Gasteiger partial charge in [0.25, 0.3) is 5.91 Å². The first kappa shape index (κ1) is 17.1. The van der Waals surface area contributed by atoms with E-state index in [4.69, 9.17) is 4.74 Å². The summed E-state index contributed by atoms with van der Waals surface area (Å²) in [5, 5.41) is 2.89. The van der Waals surface area contributed by atoms with Crippen LogP contribution in [0, 0.1) is 6.92 Å². The quantitative estimate of drug-likeness (QED) is 0.832. The van der Waals surface area contributed by atoms with Crippen LogP contribution in [-0.2, 0) is 11.3 Å². The molecule has 3 heteroatoms. The first-order chi connectivity index (χ1) is 11.1. The van der Waals surface area contributed by atoms with Crippen LogP contribution in [-0.4, -0.2) is 12.5 Å². The van der Waals surface area contributed by atoms with Crippen molar-refractivity contribution in [3.8, 4) is 5.75 Å². The van der Waals surface area contributed by atoms with Gasteiger partial charge in [0.1, 0.15) is 5.75 Å². The molecule has 1 amide bonds. The molecule has 0 fully saturated rings. The van der Waals surface area contributed by atoms with Gasteiger partial charge < -0.3 is 10.1 Å². The zero-order valence-corrected chi connectivity index (χ0v) is 14.1. The third kappa shape index (κ3) is 5.13. The fourth-order valence-electron chi connectivity index (χ4n) is 2.34. The van der Waals surface area contributed by atoms with Gasteiger partial charge in [0.2, 0.25) is 0 Å². The Bertz CT molecular complexity index is 634. The monoisotopic (exact) mass is 311 g/mol. The lowest BCUT2D eigenvalue weighted by atomic mass is 9.98. The second-order valence-electron chi connectivity index (χ2n) is 5.90. The molecule has 122 valence electrons. The zero-order valence-electron chi connectivity index (χ0n) is 14.1. The third-order valence-electron chi connectivity index (χ3n) is 4.03. The Balaban J connectivity index is 1.86. The molecule has 1 unspecified atom stereocenters. The van der Waals surface area contributed by atoms with Crippen molar-refractivity contribution < 1.29 is 9.53 Å². The van der Waals surface area contributed by atoms with E-state index in [-0.39, 0.29) is 12.5 Å².